The molecule has 1 aromatic carbocycles. The van der Waals surface area contributed by atoms with E-state index in [4.69, 9.17) is 16.3 Å². The first-order valence-electron chi connectivity index (χ1n) is 6.26. The topological polar surface area (TPSA) is 77.3 Å². The van der Waals surface area contributed by atoms with Crippen molar-refractivity contribution in [2.45, 2.75) is 13.0 Å². The molecule has 110 valence electrons. The molecular formula is C14H14ClN3O3. The van der Waals surface area contributed by atoms with Crippen LogP contribution in [0.2, 0.25) is 5.02 Å². The number of ether oxygens (including phenoxy) is 1. The lowest BCUT2D eigenvalue weighted by Crippen LogP contribution is -2.12. The molecule has 7 heteroatoms. The van der Waals surface area contributed by atoms with E-state index in [2.05, 4.69) is 10.3 Å². The molecule has 0 fully saturated rings. The Morgan fingerprint density at radius 2 is 2.14 bits per heavy atom. The van der Waals surface area contributed by atoms with E-state index in [0.717, 1.165) is 5.56 Å². The third-order valence-electron chi connectivity index (χ3n) is 3.02. The van der Waals surface area contributed by atoms with Gasteiger partial charge in [-0.2, -0.15) is 0 Å². The average molecular weight is 308 g/mol. The first-order valence-corrected chi connectivity index (χ1v) is 6.64. The SMILES string of the molecule is CNC(C)c1ccc(Oc2ccc(Cl)cc2[N+](=O)[O-])nc1. The van der Waals surface area contributed by atoms with Crippen LogP contribution in [-0.2, 0) is 0 Å². The number of benzene rings is 1. The molecule has 6 nitrogen and oxygen atoms in total. The molecule has 1 atom stereocenters. The van der Waals surface area contributed by atoms with Gasteiger partial charge in [-0.1, -0.05) is 17.7 Å². The van der Waals surface area contributed by atoms with Gasteiger partial charge in [-0.05, 0) is 31.7 Å². The molecule has 0 aliphatic rings. The minimum atomic E-state index is -0.543. The van der Waals surface area contributed by atoms with E-state index in [1.807, 2.05) is 20.0 Å². The van der Waals surface area contributed by atoms with E-state index >= 15 is 0 Å². The first kappa shape index (κ1) is 15.2. The Balaban J connectivity index is 2.24. The van der Waals surface area contributed by atoms with Crippen LogP contribution < -0.4 is 10.1 Å². The molecule has 1 aromatic heterocycles. The fraction of sp³-hybridized carbons (Fsp3) is 0.214. The second-order valence-electron chi connectivity index (χ2n) is 4.41. The van der Waals surface area contributed by atoms with Crippen molar-refractivity contribution in [1.29, 1.82) is 0 Å². The third-order valence-corrected chi connectivity index (χ3v) is 3.26. The fourth-order valence-corrected chi connectivity index (χ4v) is 1.87. The van der Waals surface area contributed by atoms with Crippen LogP contribution in [0.15, 0.2) is 36.5 Å². The summed E-state index contributed by atoms with van der Waals surface area (Å²) in [5.41, 5.74) is 0.799. The molecule has 0 amide bonds. The van der Waals surface area contributed by atoms with Crippen molar-refractivity contribution in [2.75, 3.05) is 7.05 Å². The average Bonchev–Trinajstić information content (AvgIpc) is 2.49. The van der Waals surface area contributed by atoms with Gasteiger partial charge in [0, 0.05) is 29.4 Å². The van der Waals surface area contributed by atoms with E-state index in [1.165, 1.54) is 18.2 Å². The van der Waals surface area contributed by atoms with Gasteiger partial charge < -0.3 is 10.1 Å². The van der Waals surface area contributed by atoms with Crippen molar-refractivity contribution in [2.24, 2.45) is 0 Å². The molecule has 2 aromatic rings. The maximum Gasteiger partial charge on any atom is 0.313 e. The third kappa shape index (κ3) is 3.68. The van der Waals surface area contributed by atoms with Gasteiger partial charge in [0.05, 0.1) is 4.92 Å². The lowest BCUT2D eigenvalue weighted by Gasteiger charge is -2.11. The Hall–Kier alpha value is -2.18. The van der Waals surface area contributed by atoms with Crippen molar-refractivity contribution < 1.29 is 9.66 Å². The highest BCUT2D eigenvalue weighted by Gasteiger charge is 2.17. The largest absolute Gasteiger partial charge is 0.432 e. The second kappa shape index (κ2) is 6.51. The van der Waals surface area contributed by atoms with Crippen molar-refractivity contribution in [3.05, 3.63) is 57.2 Å². The minimum Gasteiger partial charge on any atom is -0.432 e. The lowest BCUT2D eigenvalue weighted by molar-refractivity contribution is -0.385. The zero-order chi connectivity index (χ0) is 15.4. The Labute approximate surface area is 126 Å². The van der Waals surface area contributed by atoms with Crippen molar-refractivity contribution in [3.63, 3.8) is 0 Å². The molecule has 1 heterocycles. The summed E-state index contributed by atoms with van der Waals surface area (Å²) in [6, 6.07) is 7.91. The number of nitro groups is 1. The molecule has 0 aliphatic carbocycles. The molecule has 2 rings (SSSR count). The van der Waals surface area contributed by atoms with E-state index in [0.29, 0.717) is 0 Å². The molecular weight excluding hydrogens is 294 g/mol. The molecule has 0 bridgehead atoms. The number of nitro benzene ring substituents is 1. The summed E-state index contributed by atoms with van der Waals surface area (Å²) < 4.78 is 5.46. The number of hydrogen-bond donors (Lipinski definition) is 1. The Morgan fingerprint density at radius 3 is 2.71 bits per heavy atom. The summed E-state index contributed by atoms with van der Waals surface area (Å²) in [6.07, 6.45) is 1.66. The molecule has 21 heavy (non-hydrogen) atoms. The molecule has 0 saturated heterocycles. The van der Waals surface area contributed by atoms with Gasteiger partial charge in [-0.25, -0.2) is 4.98 Å². The second-order valence-corrected chi connectivity index (χ2v) is 4.85. The lowest BCUT2D eigenvalue weighted by atomic mass is 10.1. The highest BCUT2D eigenvalue weighted by Crippen LogP contribution is 2.33. The number of hydrogen-bond acceptors (Lipinski definition) is 5. The number of aromatic nitrogens is 1. The van der Waals surface area contributed by atoms with Gasteiger partial charge in [0.1, 0.15) is 0 Å². The molecule has 0 saturated carbocycles. The molecule has 1 unspecified atom stereocenters. The summed E-state index contributed by atoms with van der Waals surface area (Å²) >= 11 is 5.75. The zero-order valence-corrected chi connectivity index (χ0v) is 12.3. The van der Waals surface area contributed by atoms with Gasteiger partial charge in [-0.15, -0.1) is 0 Å². The van der Waals surface area contributed by atoms with Crippen LogP contribution in [0.1, 0.15) is 18.5 Å². The van der Waals surface area contributed by atoms with Crippen molar-refractivity contribution in [1.82, 2.24) is 10.3 Å². The van der Waals surface area contributed by atoms with Crippen LogP contribution in [-0.4, -0.2) is 17.0 Å². The predicted octanol–water partition coefficient (Wildman–Crippen LogP) is 3.72. The first-order chi connectivity index (χ1) is 10.0. The van der Waals surface area contributed by atoms with Gasteiger partial charge in [0.2, 0.25) is 11.6 Å². The summed E-state index contributed by atoms with van der Waals surface area (Å²) in [5, 5.41) is 14.4. The van der Waals surface area contributed by atoms with Crippen LogP contribution in [0.5, 0.6) is 11.6 Å². The molecule has 1 N–H and O–H groups in total. The monoisotopic (exact) mass is 307 g/mol. The quantitative estimate of drug-likeness (QED) is 0.673. The summed E-state index contributed by atoms with van der Waals surface area (Å²) in [5.74, 6) is 0.388. The minimum absolute atomic E-state index is 0.103. The molecule has 0 aliphatic heterocycles. The maximum atomic E-state index is 11.0. The van der Waals surface area contributed by atoms with Crippen molar-refractivity contribution in [3.8, 4) is 11.6 Å². The maximum absolute atomic E-state index is 11.0. The normalized spacial score (nSPS) is 12.0. The van der Waals surface area contributed by atoms with Gasteiger partial charge in [-0.3, -0.25) is 10.1 Å². The van der Waals surface area contributed by atoms with Gasteiger partial charge >= 0.3 is 5.69 Å². The summed E-state index contributed by atoms with van der Waals surface area (Å²) in [6.45, 7) is 2.00. The van der Waals surface area contributed by atoms with Gasteiger partial charge in [0.15, 0.2) is 0 Å². The number of rotatable bonds is 5. The standard InChI is InChI=1S/C14H14ClN3O3/c1-9(16-2)10-3-6-14(17-8-10)21-13-5-4-11(15)7-12(13)18(19)20/h3-9,16H,1-2H3. The van der Waals surface area contributed by atoms with E-state index in [1.54, 1.807) is 12.3 Å². The van der Waals surface area contributed by atoms with E-state index in [9.17, 15) is 10.1 Å². The van der Waals surface area contributed by atoms with Crippen LogP contribution in [0.4, 0.5) is 5.69 Å². The molecule has 0 radical (unpaired) electrons. The summed E-state index contributed by atoms with van der Waals surface area (Å²) in [7, 11) is 1.85. The fourth-order valence-electron chi connectivity index (χ4n) is 1.71. The van der Waals surface area contributed by atoms with Crippen LogP contribution in [0, 0.1) is 10.1 Å². The van der Waals surface area contributed by atoms with Crippen LogP contribution >= 0.6 is 11.6 Å². The zero-order valence-electron chi connectivity index (χ0n) is 11.5. The highest BCUT2D eigenvalue weighted by atomic mass is 35.5. The van der Waals surface area contributed by atoms with Crippen molar-refractivity contribution >= 4 is 17.3 Å². The van der Waals surface area contributed by atoms with Gasteiger partial charge in [0.25, 0.3) is 0 Å². The number of nitrogens with zero attached hydrogens (tertiary/aromatic N) is 2. The highest BCUT2D eigenvalue weighted by molar-refractivity contribution is 6.30. The predicted molar refractivity (Wildman–Crippen MR) is 79.9 cm³/mol. The Morgan fingerprint density at radius 1 is 1.38 bits per heavy atom. The van der Waals surface area contributed by atoms with E-state index in [-0.39, 0.29) is 28.4 Å². The number of pyridine rings is 1. The number of halogens is 1. The van der Waals surface area contributed by atoms with Crippen LogP contribution in [0.3, 0.4) is 0 Å². The van der Waals surface area contributed by atoms with Crippen LogP contribution in [0.25, 0.3) is 0 Å². The number of nitrogens with one attached hydrogen (secondary N) is 1. The smallest absolute Gasteiger partial charge is 0.313 e. The Kier molecular flexibility index (Phi) is 4.72. The molecule has 0 spiro atoms. The van der Waals surface area contributed by atoms with E-state index < -0.39 is 4.92 Å². The summed E-state index contributed by atoms with van der Waals surface area (Å²) in [4.78, 5) is 14.6. The Bertz CT molecular complexity index is 646.